The molecular formula is C16H14N2OS2. The zero-order valence-corrected chi connectivity index (χ0v) is 13.3. The number of hydrogen-bond donors (Lipinski definition) is 1. The van der Waals surface area contributed by atoms with Gasteiger partial charge in [0, 0.05) is 16.0 Å². The highest BCUT2D eigenvalue weighted by atomic mass is 32.1. The first-order valence-corrected chi connectivity index (χ1v) is 8.16. The number of thiazole rings is 1. The van der Waals surface area contributed by atoms with Crippen molar-refractivity contribution in [2.24, 2.45) is 0 Å². The number of hydrogen-bond acceptors (Lipinski definition) is 4. The molecule has 0 saturated carbocycles. The Morgan fingerprint density at radius 1 is 1.14 bits per heavy atom. The number of anilines is 1. The Morgan fingerprint density at radius 2 is 1.90 bits per heavy atom. The van der Waals surface area contributed by atoms with Crippen molar-refractivity contribution >= 4 is 33.7 Å². The van der Waals surface area contributed by atoms with Gasteiger partial charge >= 0.3 is 0 Å². The molecule has 0 fully saturated rings. The molecule has 0 aliphatic heterocycles. The molecular weight excluding hydrogens is 300 g/mol. The fourth-order valence-corrected chi connectivity index (χ4v) is 3.77. The van der Waals surface area contributed by atoms with Gasteiger partial charge in [-0.2, -0.15) is 0 Å². The van der Waals surface area contributed by atoms with Crippen molar-refractivity contribution in [1.29, 1.82) is 0 Å². The quantitative estimate of drug-likeness (QED) is 0.758. The lowest BCUT2D eigenvalue weighted by Gasteiger charge is -1.98. The normalized spacial score (nSPS) is 10.6. The van der Waals surface area contributed by atoms with Crippen LogP contribution in [0.4, 0.5) is 5.13 Å². The van der Waals surface area contributed by atoms with Crippen LogP contribution in [0.2, 0.25) is 0 Å². The van der Waals surface area contributed by atoms with Crippen molar-refractivity contribution in [3.05, 3.63) is 57.9 Å². The van der Waals surface area contributed by atoms with E-state index in [1.54, 1.807) is 6.20 Å². The van der Waals surface area contributed by atoms with E-state index in [0.717, 1.165) is 20.9 Å². The number of aromatic nitrogens is 1. The van der Waals surface area contributed by atoms with E-state index < -0.39 is 0 Å². The molecule has 1 N–H and O–H groups in total. The molecule has 0 aliphatic carbocycles. The van der Waals surface area contributed by atoms with Gasteiger partial charge in [0.15, 0.2) is 5.13 Å². The van der Waals surface area contributed by atoms with E-state index in [9.17, 15) is 4.79 Å². The highest BCUT2D eigenvalue weighted by Crippen LogP contribution is 2.32. The van der Waals surface area contributed by atoms with Crippen LogP contribution >= 0.6 is 22.7 Å². The smallest absolute Gasteiger partial charge is 0.267 e. The molecule has 3 nitrogen and oxygen atoms in total. The number of rotatable bonds is 3. The summed E-state index contributed by atoms with van der Waals surface area (Å²) in [6, 6.07) is 12.1. The molecule has 2 heterocycles. The maximum atomic E-state index is 12.3. The molecule has 106 valence electrons. The van der Waals surface area contributed by atoms with E-state index in [2.05, 4.69) is 22.4 Å². The van der Waals surface area contributed by atoms with Gasteiger partial charge in [-0.1, -0.05) is 30.3 Å². The number of nitrogens with zero attached hydrogens (tertiary/aromatic N) is 1. The number of carbonyl (C=O) groups is 1. The maximum Gasteiger partial charge on any atom is 0.267 e. The molecule has 0 saturated heterocycles. The average molecular weight is 314 g/mol. The van der Waals surface area contributed by atoms with Crippen LogP contribution in [-0.4, -0.2) is 10.9 Å². The molecule has 3 aromatic rings. The van der Waals surface area contributed by atoms with Crippen LogP contribution in [0.25, 0.3) is 10.4 Å². The lowest BCUT2D eigenvalue weighted by atomic mass is 10.1. The minimum atomic E-state index is -0.0976. The molecule has 0 spiro atoms. The fraction of sp³-hybridized carbons (Fsp3) is 0.125. The van der Waals surface area contributed by atoms with Gasteiger partial charge in [-0.05, 0) is 31.0 Å². The van der Waals surface area contributed by atoms with E-state index in [-0.39, 0.29) is 5.91 Å². The van der Waals surface area contributed by atoms with Gasteiger partial charge in [-0.25, -0.2) is 4.98 Å². The van der Waals surface area contributed by atoms with Gasteiger partial charge in [-0.15, -0.1) is 22.7 Å². The Bertz CT molecular complexity index is 775. The molecule has 0 aliphatic rings. The van der Waals surface area contributed by atoms with Gasteiger partial charge in [0.1, 0.15) is 0 Å². The number of carbonyl (C=O) groups excluding carboxylic acids is 1. The molecule has 0 atom stereocenters. The summed E-state index contributed by atoms with van der Waals surface area (Å²) in [7, 11) is 0. The molecule has 0 radical (unpaired) electrons. The SMILES string of the molecule is Cc1cnc(NC(=O)c2cc(C)c(-c3ccccc3)s2)s1. The highest BCUT2D eigenvalue weighted by molar-refractivity contribution is 7.18. The summed E-state index contributed by atoms with van der Waals surface area (Å²) < 4.78 is 0. The number of thiophene rings is 1. The van der Waals surface area contributed by atoms with Crippen LogP contribution in [0.5, 0.6) is 0 Å². The van der Waals surface area contributed by atoms with Crippen LogP contribution in [0.15, 0.2) is 42.6 Å². The number of nitrogens with one attached hydrogen (secondary N) is 1. The summed E-state index contributed by atoms with van der Waals surface area (Å²) in [4.78, 5) is 19.4. The zero-order chi connectivity index (χ0) is 14.8. The summed E-state index contributed by atoms with van der Waals surface area (Å²) in [5.74, 6) is -0.0976. The third kappa shape index (κ3) is 3.04. The third-order valence-electron chi connectivity index (χ3n) is 3.02. The second-order valence-electron chi connectivity index (χ2n) is 4.72. The Balaban J connectivity index is 1.85. The molecule has 2 aromatic heterocycles. The van der Waals surface area contributed by atoms with E-state index in [4.69, 9.17) is 0 Å². The number of amides is 1. The Morgan fingerprint density at radius 3 is 2.57 bits per heavy atom. The molecule has 21 heavy (non-hydrogen) atoms. The van der Waals surface area contributed by atoms with Crippen LogP contribution < -0.4 is 5.32 Å². The third-order valence-corrected chi connectivity index (χ3v) is 5.13. The largest absolute Gasteiger partial charge is 0.297 e. The molecule has 0 bridgehead atoms. The van der Waals surface area contributed by atoms with Gasteiger partial charge in [-0.3, -0.25) is 10.1 Å². The van der Waals surface area contributed by atoms with Gasteiger partial charge in [0.05, 0.1) is 4.88 Å². The van der Waals surface area contributed by atoms with Crippen molar-refractivity contribution in [2.75, 3.05) is 5.32 Å². The fourth-order valence-electron chi connectivity index (χ4n) is 2.04. The van der Waals surface area contributed by atoms with Gasteiger partial charge in [0.2, 0.25) is 0 Å². The minimum Gasteiger partial charge on any atom is -0.297 e. The van der Waals surface area contributed by atoms with E-state index >= 15 is 0 Å². The predicted molar refractivity (Wildman–Crippen MR) is 89.3 cm³/mol. The molecule has 3 rings (SSSR count). The average Bonchev–Trinajstić information content (AvgIpc) is 3.06. The molecule has 1 amide bonds. The summed E-state index contributed by atoms with van der Waals surface area (Å²) in [5, 5.41) is 3.49. The first-order chi connectivity index (χ1) is 10.1. The van der Waals surface area contributed by atoms with Crippen LogP contribution in [-0.2, 0) is 0 Å². The lowest BCUT2D eigenvalue weighted by molar-refractivity contribution is 0.103. The van der Waals surface area contributed by atoms with Gasteiger partial charge in [0.25, 0.3) is 5.91 Å². The molecule has 0 unspecified atom stereocenters. The van der Waals surface area contributed by atoms with E-state index in [1.165, 1.54) is 22.7 Å². The van der Waals surface area contributed by atoms with E-state index in [1.807, 2.05) is 38.1 Å². The summed E-state index contributed by atoms with van der Waals surface area (Å²) >= 11 is 2.99. The second kappa shape index (κ2) is 5.79. The topological polar surface area (TPSA) is 42.0 Å². The monoisotopic (exact) mass is 314 g/mol. The number of benzene rings is 1. The molecule has 5 heteroatoms. The predicted octanol–water partition coefficient (Wildman–Crippen LogP) is 4.74. The second-order valence-corrected chi connectivity index (χ2v) is 7.01. The Hall–Kier alpha value is -1.98. The van der Waals surface area contributed by atoms with Crippen molar-refractivity contribution < 1.29 is 4.79 Å². The summed E-state index contributed by atoms with van der Waals surface area (Å²) in [6.45, 7) is 4.00. The van der Waals surface area contributed by atoms with Crippen molar-refractivity contribution in [2.45, 2.75) is 13.8 Å². The Kier molecular flexibility index (Phi) is 3.86. The number of aryl methyl sites for hydroxylation is 2. The first-order valence-electron chi connectivity index (χ1n) is 6.53. The van der Waals surface area contributed by atoms with Crippen molar-refractivity contribution in [3.8, 4) is 10.4 Å². The summed E-state index contributed by atoms with van der Waals surface area (Å²) in [6.07, 6.45) is 1.76. The van der Waals surface area contributed by atoms with Crippen molar-refractivity contribution in [3.63, 3.8) is 0 Å². The minimum absolute atomic E-state index is 0.0976. The zero-order valence-electron chi connectivity index (χ0n) is 11.7. The highest BCUT2D eigenvalue weighted by Gasteiger charge is 2.14. The van der Waals surface area contributed by atoms with Crippen LogP contribution in [0.3, 0.4) is 0 Å². The standard InChI is InChI=1S/C16H14N2OS2/c1-10-8-13(15(19)18-16-17-9-11(2)20-16)21-14(10)12-6-4-3-5-7-12/h3-9H,1-2H3,(H,17,18,19). The Labute approximate surface area is 131 Å². The van der Waals surface area contributed by atoms with Gasteiger partial charge < -0.3 is 0 Å². The summed E-state index contributed by atoms with van der Waals surface area (Å²) in [5.41, 5.74) is 2.26. The first kappa shape index (κ1) is 14.0. The lowest BCUT2D eigenvalue weighted by Crippen LogP contribution is -2.09. The van der Waals surface area contributed by atoms with Crippen LogP contribution in [0, 0.1) is 13.8 Å². The van der Waals surface area contributed by atoms with Crippen LogP contribution in [0.1, 0.15) is 20.1 Å². The maximum absolute atomic E-state index is 12.3. The van der Waals surface area contributed by atoms with Crippen molar-refractivity contribution in [1.82, 2.24) is 4.98 Å². The van der Waals surface area contributed by atoms with E-state index in [0.29, 0.717) is 10.0 Å². The molecule has 1 aromatic carbocycles.